The average molecular weight is 996 g/mol. The van der Waals surface area contributed by atoms with Crippen molar-refractivity contribution in [3.63, 3.8) is 0 Å². The maximum Gasteiger partial charge on any atom is 0.356 e. The van der Waals surface area contributed by atoms with Gasteiger partial charge in [0.25, 0.3) is 0 Å². The predicted molar refractivity (Wildman–Crippen MR) is 266 cm³/mol. The van der Waals surface area contributed by atoms with Crippen molar-refractivity contribution in [2.75, 3.05) is 0 Å². The smallest absolute Gasteiger partial charge is 0.356 e. The van der Waals surface area contributed by atoms with Gasteiger partial charge in [-0.2, -0.15) is 0 Å². The summed E-state index contributed by atoms with van der Waals surface area (Å²) in [5, 5.41) is 1.30. The van der Waals surface area contributed by atoms with Crippen molar-refractivity contribution in [1.82, 2.24) is 0 Å². The fourth-order valence-corrected chi connectivity index (χ4v) is 94.8. The molecular weight excluding hydrogens is 917 g/mol. The van der Waals surface area contributed by atoms with Crippen LogP contribution >= 0.6 is 0 Å². The van der Waals surface area contributed by atoms with Gasteiger partial charge in [-0.3, -0.25) is 0 Å². The Balaban J connectivity index is 1.15. The van der Waals surface area contributed by atoms with E-state index < -0.39 is 68.5 Å². The van der Waals surface area contributed by atoms with Gasteiger partial charge in [0.15, 0.2) is 0 Å². The minimum atomic E-state index is -3.43. The van der Waals surface area contributed by atoms with Crippen molar-refractivity contribution in [3.8, 4) is 0 Å². The van der Waals surface area contributed by atoms with E-state index in [1.165, 1.54) is 185 Å². The lowest BCUT2D eigenvalue weighted by Crippen LogP contribution is -2.88. The van der Waals surface area contributed by atoms with Crippen molar-refractivity contribution < 1.29 is 32.9 Å². The molecule has 6 aliphatic heterocycles. The molecule has 6 heterocycles. The highest BCUT2D eigenvalue weighted by molar-refractivity contribution is 7.16. The third kappa shape index (κ3) is 6.91. The second-order valence-corrected chi connectivity index (χ2v) is 55.0. The molecule has 13 fully saturated rings. The third-order valence-corrected chi connectivity index (χ3v) is 71.7. The molecule has 8 bridgehead atoms. The topological polar surface area (TPSA) is 73.8 Å². The summed E-state index contributed by atoms with van der Waals surface area (Å²) in [7, 11) is -25.6. The highest BCUT2D eigenvalue weighted by Gasteiger charge is 2.84. The molecule has 1 aromatic rings. The molecule has 7 aliphatic carbocycles. The molecule has 16 heteroatoms. The van der Waals surface area contributed by atoms with Gasteiger partial charge in [0.1, 0.15) is 0 Å². The van der Waals surface area contributed by atoms with E-state index in [1.807, 2.05) is 6.08 Å². The molecule has 63 heavy (non-hydrogen) atoms. The van der Waals surface area contributed by atoms with E-state index in [4.69, 9.17) is 32.9 Å². The summed E-state index contributed by atoms with van der Waals surface area (Å²) in [6, 6.07) is 9.48. The molecule has 346 valence electrons. The molecule has 0 radical (unpaired) electrons. The van der Waals surface area contributed by atoms with Crippen LogP contribution in [0.2, 0.25) is 61.5 Å². The summed E-state index contributed by atoms with van der Waals surface area (Å²) in [6.07, 6.45) is 37.2. The van der Waals surface area contributed by atoms with E-state index in [2.05, 4.69) is 30.8 Å². The predicted octanol–water partition coefficient (Wildman–Crippen LogP) is 13.0. The minimum Gasteiger partial charge on any atom is -0.415 e. The molecule has 14 rings (SSSR count). The highest BCUT2D eigenvalue weighted by atomic mass is 28.6. The summed E-state index contributed by atoms with van der Waals surface area (Å²) in [6.45, 7) is 4.22. The van der Waals surface area contributed by atoms with Crippen molar-refractivity contribution in [1.29, 1.82) is 0 Å². The van der Waals surface area contributed by atoms with Crippen LogP contribution in [0.15, 0.2) is 30.8 Å². The molecule has 0 aromatic heterocycles. The van der Waals surface area contributed by atoms with E-state index in [9.17, 15) is 0 Å². The Labute approximate surface area is 388 Å². The molecule has 8 atom stereocenters. The maximum absolute atomic E-state index is 9.10. The Morgan fingerprint density at radius 3 is 0.778 bits per heavy atom. The normalized spacial score (nSPS) is 46.9. The molecule has 8 nitrogen and oxygen atoms in total. The Bertz CT molecular complexity index is 1690. The van der Waals surface area contributed by atoms with E-state index >= 15 is 0 Å². The van der Waals surface area contributed by atoms with E-state index in [-0.39, 0.29) is 0 Å². The Morgan fingerprint density at radius 1 is 0.317 bits per heavy atom. The van der Waals surface area contributed by atoms with Crippen molar-refractivity contribution in [2.45, 2.75) is 241 Å². The largest absolute Gasteiger partial charge is 0.415 e. The summed E-state index contributed by atoms with van der Waals surface area (Å²) >= 11 is 0. The molecule has 0 amide bonds. The summed E-state index contributed by atoms with van der Waals surface area (Å²) in [5.74, 6) is 0. The first-order valence-corrected chi connectivity index (χ1v) is 43.8. The van der Waals surface area contributed by atoms with Gasteiger partial charge in [0, 0.05) is 61.5 Å². The average Bonchev–Trinajstić information content (AvgIpc) is 4.12. The van der Waals surface area contributed by atoms with Crippen LogP contribution in [0.5, 0.6) is 0 Å². The van der Waals surface area contributed by atoms with E-state index in [1.54, 1.807) is 0 Å². The standard InChI is InChI=1S/C47H78O8Si8/c1-2-39-31-33-47(34-32-39)63-38-62(46-29-15-16-30-46)52-57(41-19-5-6-20-41)35-56(40-17-3-4-18-40)48-58(42-21-7-8-22-42,36-60(50-57,54-63)44-25-11-12-26-44)51-61(55-63,45-27-13-14-28-45)37-59(49-56,53-62)43-23-9-10-24-43/h2,31-34,40-46H,1,3-30,35-38H2. The van der Waals surface area contributed by atoms with Gasteiger partial charge in [0.05, 0.1) is 0 Å². The summed E-state index contributed by atoms with van der Waals surface area (Å²) < 4.78 is 72.5. The van der Waals surface area contributed by atoms with E-state index in [0.29, 0.717) is 38.8 Å². The van der Waals surface area contributed by atoms with Crippen LogP contribution < -0.4 is 5.19 Å². The van der Waals surface area contributed by atoms with Crippen LogP contribution in [0.3, 0.4) is 0 Å². The molecule has 0 spiro atoms. The Morgan fingerprint density at radius 2 is 0.540 bits per heavy atom. The van der Waals surface area contributed by atoms with Gasteiger partial charge in [-0.15, -0.1) is 0 Å². The lowest BCUT2D eigenvalue weighted by molar-refractivity contribution is 0.145. The molecule has 13 aliphatic rings. The third-order valence-electron chi connectivity index (χ3n) is 20.1. The van der Waals surface area contributed by atoms with Crippen LogP contribution in [0.1, 0.15) is 185 Å². The number of rotatable bonds is 9. The molecule has 7 saturated carbocycles. The van der Waals surface area contributed by atoms with Gasteiger partial charge in [0.2, 0.25) is 0 Å². The van der Waals surface area contributed by atoms with Crippen LogP contribution in [0, 0.1) is 0 Å². The van der Waals surface area contributed by atoms with Gasteiger partial charge in [-0.1, -0.05) is 127 Å². The zero-order chi connectivity index (χ0) is 42.0. The van der Waals surface area contributed by atoms with Crippen molar-refractivity contribution in [2.24, 2.45) is 0 Å². The lowest BCUT2D eigenvalue weighted by atomic mass is 10.2. The SMILES string of the molecule is C=Cc1ccc([Si]23C[Si]4(C5CCCC5)O[Si]5(C6CCCC6)C[Si]6(C7CCCC7)O[Si](C7CCCC7)(C[Si](C7CCCC7)(O2)O5)O[Si](C2CCCC2)(C[Si](C2CCCC2)(O4)O6)O3)cc1. The quantitative estimate of drug-likeness (QED) is 0.227. The number of hydrogen-bond donors (Lipinski definition) is 0. The molecule has 0 N–H and O–H groups in total. The van der Waals surface area contributed by atoms with Crippen molar-refractivity contribution in [3.05, 3.63) is 36.4 Å². The zero-order valence-corrected chi connectivity index (χ0v) is 46.5. The molecule has 1 aromatic carbocycles. The van der Waals surface area contributed by atoms with Gasteiger partial charge >= 0.3 is 68.5 Å². The van der Waals surface area contributed by atoms with Crippen molar-refractivity contribution >= 4 is 79.8 Å². The van der Waals surface area contributed by atoms with Crippen LogP contribution in [-0.2, 0) is 32.9 Å². The monoisotopic (exact) mass is 994 g/mol. The summed E-state index contributed by atoms with van der Waals surface area (Å²) in [4.78, 5) is 0. The number of hydrogen-bond acceptors (Lipinski definition) is 8. The summed E-state index contributed by atoms with van der Waals surface area (Å²) in [5.41, 5.74) is 8.14. The fraction of sp³-hybridized carbons (Fsp3) is 0.830. The zero-order valence-electron chi connectivity index (χ0n) is 38.5. The lowest BCUT2D eigenvalue weighted by Gasteiger charge is -2.69. The van der Waals surface area contributed by atoms with Crippen LogP contribution in [-0.4, -0.2) is 68.5 Å². The first-order chi connectivity index (χ1) is 30.8. The minimum absolute atomic E-state index is 0.430. The van der Waals surface area contributed by atoms with Gasteiger partial charge in [-0.05, 0) is 101 Å². The Kier molecular flexibility index (Phi) is 11.2. The Hall–Kier alpha value is 0.375. The first-order valence-electron chi connectivity index (χ1n) is 27.1. The second-order valence-electron chi connectivity index (χ2n) is 23.7. The maximum atomic E-state index is 9.10. The van der Waals surface area contributed by atoms with Gasteiger partial charge < -0.3 is 32.9 Å². The van der Waals surface area contributed by atoms with Crippen LogP contribution in [0.25, 0.3) is 6.08 Å². The highest BCUT2D eigenvalue weighted by Crippen LogP contribution is 2.68. The fourth-order valence-electron chi connectivity index (χ4n) is 17.2. The molecule has 6 saturated heterocycles. The number of benzene rings is 1. The molecular formula is C47H78O8Si8. The second kappa shape index (κ2) is 16.2. The molecule has 8 unspecified atom stereocenters. The first kappa shape index (κ1) is 43.4. The van der Waals surface area contributed by atoms with Crippen LogP contribution in [0.4, 0.5) is 0 Å². The van der Waals surface area contributed by atoms with Gasteiger partial charge in [-0.25, -0.2) is 0 Å². The van der Waals surface area contributed by atoms with E-state index in [0.717, 1.165) is 28.2 Å².